The van der Waals surface area contributed by atoms with Gasteiger partial charge in [-0.2, -0.15) is 5.26 Å². The van der Waals surface area contributed by atoms with Crippen molar-refractivity contribution in [3.8, 4) is 11.8 Å². The van der Waals surface area contributed by atoms with Crippen LogP contribution < -0.4 is 4.74 Å². The molecule has 92 valence electrons. The first kappa shape index (κ1) is 14.2. The molecule has 1 rings (SSSR count). The average molecular weight is 272 g/mol. The van der Waals surface area contributed by atoms with Gasteiger partial charge >= 0.3 is 0 Å². The first-order valence-corrected chi connectivity index (χ1v) is 6.20. The Morgan fingerprint density at radius 3 is 2.41 bits per heavy atom. The van der Waals surface area contributed by atoms with E-state index in [1.54, 1.807) is 18.2 Å². The second-order valence-corrected chi connectivity index (χ2v) is 5.31. The van der Waals surface area contributed by atoms with Crippen LogP contribution in [0.3, 0.4) is 0 Å². The summed E-state index contributed by atoms with van der Waals surface area (Å²) < 4.78 is 5.53. The van der Waals surface area contributed by atoms with Crippen molar-refractivity contribution in [2.45, 2.75) is 26.7 Å². The molecule has 4 heteroatoms. The number of nitriles is 1. The summed E-state index contributed by atoms with van der Waals surface area (Å²) in [6.07, 6.45) is 1.58. The number of ether oxygens (including phenoxy) is 1. The van der Waals surface area contributed by atoms with E-state index in [0.29, 0.717) is 22.4 Å². The fraction of sp³-hybridized carbons (Fsp3) is 0.462. The lowest BCUT2D eigenvalue weighted by Crippen LogP contribution is -2.10. The van der Waals surface area contributed by atoms with E-state index in [9.17, 15) is 0 Å². The monoisotopic (exact) mass is 271 g/mol. The second kappa shape index (κ2) is 6.14. The number of hydrogen-bond donors (Lipinski definition) is 0. The van der Waals surface area contributed by atoms with Gasteiger partial charge in [-0.3, -0.25) is 0 Å². The zero-order valence-corrected chi connectivity index (χ0v) is 11.5. The maximum absolute atomic E-state index is 8.87. The normalized spacial score (nSPS) is 11.0. The van der Waals surface area contributed by atoms with E-state index >= 15 is 0 Å². The SMILES string of the molecule is CC(C)(C#N)CCCOc1c(Cl)cccc1Cl. The van der Waals surface area contributed by atoms with Crippen molar-refractivity contribution in [2.75, 3.05) is 6.61 Å². The Bertz CT molecular complexity index is 404. The third-order valence-corrected chi connectivity index (χ3v) is 3.01. The Hall–Kier alpha value is -0.910. The van der Waals surface area contributed by atoms with Crippen LogP contribution in [0.25, 0.3) is 0 Å². The molecule has 0 spiro atoms. The summed E-state index contributed by atoms with van der Waals surface area (Å²) >= 11 is 11.9. The summed E-state index contributed by atoms with van der Waals surface area (Å²) in [6.45, 7) is 4.33. The van der Waals surface area contributed by atoms with Gasteiger partial charge in [-0.25, -0.2) is 0 Å². The smallest absolute Gasteiger partial charge is 0.156 e. The first-order valence-electron chi connectivity index (χ1n) is 5.44. The van der Waals surface area contributed by atoms with Gasteiger partial charge in [-0.1, -0.05) is 29.3 Å². The van der Waals surface area contributed by atoms with Crippen LogP contribution in [0.2, 0.25) is 10.0 Å². The summed E-state index contributed by atoms with van der Waals surface area (Å²) in [7, 11) is 0. The molecule has 0 unspecified atom stereocenters. The number of halogens is 2. The molecular weight excluding hydrogens is 257 g/mol. The summed E-state index contributed by atoms with van der Waals surface area (Å²) in [4.78, 5) is 0. The van der Waals surface area contributed by atoms with Gasteiger partial charge in [0, 0.05) is 0 Å². The molecule has 0 aromatic heterocycles. The molecule has 0 bridgehead atoms. The highest BCUT2D eigenvalue weighted by Gasteiger charge is 2.16. The average Bonchev–Trinajstić information content (AvgIpc) is 2.27. The minimum Gasteiger partial charge on any atom is -0.490 e. The van der Waals surface area contributed by atoms with Crippen LogP contribution in [0.5, 0.6) is 5.75 Å². The van der Waals surface area contributed by atoms with Gasteiger partial charge in [0.05, 0.1) is 28.1 Å². The van der Waals surface area contributed by atoms with Crippen LogP contribution >= 0.6 is 23.2 Å². The van der Waals surface area contributed by atoms with E-state index < -0.39 is 0 Å². The van der Waals surface area contributed by atoms with E-state index in [1.807, 2.05) is 13.8 Å². The van der Waals surface area contributed by atoms with Crippen LogP contribution in [0.4, 0.5) is 0 Å². The molecule has 17 heavy (non-hydrogen) atoms. The summed E-state index contributed by atoms with van der Waals surface area (Å²) in [5.74, 6) is 0.519. The van der Waals surface area contributed by atoms with E-state index in [1.165, 1.54) is 0 Å². The van der Waals surface area contributed by atoms with Crippen molar-refractivity contribution in [3.05, 3.63) is 28.2 Å². The molecular formula is C13H15Cl2NO. The van der Waals surface area contributed by atoms with Gasteiger partial charge in [0.25, 0.3) is 0 Å². The summed E-state index contributed by atoms with van der Waals surface area (Å²) in [6, 6.07) is 7.51. The van der Waals surface area contributed by atoms with Gasteiger partial charge in [0.2, 0.25) is 0 Å². The fourth-order valence-corrected chi connectivity index (χ4v) is 1.87. The number of para-hydroxylation sites is 1. The van der Waals surface area contributed by atoms with Gasteiger partial charge in [0.1, 0.15) is 0 Å². The quantitative estimate of drug-likeness (QED) is 0.728. The number of hydrogen-bond acceptors (Lipinski definition) is 2. The molecule has 0 aliphatic rings. The molecule has 0 atom stereocenters. The lowest BCUT2D eigenvalue weighted by molar-refractivity contribution is 0.284. The van der Waals surface area contributed by atoms with Crippen molar-refractivity contribution in [2.24, 2.45) is 5.41 Å². The van der Waals surface area contributed by atoms with E-state index in [2.05, 4.69) is 6.07 Å². The van der Waals surface area contributed by atoms with Crippen molar-refractivity contribution >= 4 is 23.2 Å². The van der Waals surface area contributed by atoms with Crippen molar-refractivity contribution in [1.29, 1.82) is 5.26 Å². The van der Waals surface area contributed by atoms with Crippen LogP contribution in [-0.4, -0.2) is 6.61 Å². The molecule has 1 aromatic rings. The molecule has 1 aromatic carbocycles. The third-order valence-electron chi connectivity index (χ3n) is 2.41. The molecule has 0 heterocycles. The molecule has 0 radical (unpaired) electrons. The zero-order chi connectivity index (χ0) is 12.9. The maximum atomic E-state index is 8.87. The Morgan fingerprint density at radius 1 is 1.29 bits per heavy atom. The minimum absolute atomic E-state index is 0.312. The fourth-order valence-electron chi connectivity index (χ4n) is 1.36. The van der Waals surface area contributed by atoms with Crippen LogP contribution in [-0.2, 0) is 0 Å². The van der Waals surface area contributed by atoms with Gasteiger partial charge in [0.15, 0.2) is 5.75 Å². The molecule has 0 aliphatic carbocycles. The van der Waals surface area contributed by atoms with E-state index in [0.717, 1.165) is 12.8 Å². The molecule has 0 fully saturated rings. The Labute approximate surface area is 112 Å². The highest BCUT2D eigenvalue weighted by Crippen LogP contribution is 2.32. The molecule has 2 nitrogen and oxygen atoms in total. The van der Waals surface area contributed by atoms with Crippen LogP contribution in [0.15, 0.2) is 18.2 Å². The van der Waals surface area contributed by atoms with E-state index in [-0.39, 0.29) is 5.41 Å². The third kappa shape index (κ3) is 4.46. The topological polar surface area (TPSA) is 33.0 Å². The standard InChI is InChI=1S/C13H15Cl2NO/c1-13(2,9-16)7-4-8-17-12-10(14)5-3-6-11(12)15/h3,5-6H,4,7-8H2,1-2H3. The van der Waals surface area contributed by atoms with Crippen LogP contribution in [0.1, 0.15) is 26.7 Å². The molecule has 0 aliphatic heterocycles. The van der Waals surface area contributed by atoms with E-state index in [4.69, 9.17) is 33.2 Å². The van der Waals surface area contributed by atoms with Crippen molar-refractivity contribution < 1.29 is 4.74 Å². The summed E-state index contributed by atoms with van der Waals surface area (Å²) in [5, 5.41) is 9.89. The Balaban J connectivity index is 2.45. The second-order valence-electron chi connectivity index (χ2n) is 4.50. The van der Waals surface area contributed by atoms with Gasteiger partial charge < -0.3 is 4.74 Å². The lowest BCUT2D eigenvalue weighted by Gasteiger charge is -2.15. The molecule has 0 N–H and O–H groups in total. The number of rotatable bonds is 5. The van der Waals surface area contributed by atoms with Crippen LogP contribution in [0, 0.1) is 16.7 Å². The van der Waals surface area contributed by atoms with Gasteiger partial charge in [-0.15, -0.1) is 0 Å². The predicted octanol–water partition coefficient (Wildman–Crippen LogP) is 4.70. The highest BCUT2D eigenvalue weighted by atomic mass is 35.5. The lowest BCUT2D eigenvalue weighted by atomic mass is 9.90. The first-order chi connectivity index (χ1) is 7.96. The van der Waals surface area contributed by atoms with Crippen molar-refractivity contribution in [3.63, 3.8) is 0 Å². The van der Waals surface area contributed by atoms with Gasteiger partial charge in [-0.05, 0) is 38.8 Å². The number of nitrogens with zero attached hydrogens (tertiary/aromatic N) is 1. The molecule has 0 amide bonds. The highest BCUT2D eigenvalue weighted by molar-refractivity contribution is 6.37. The minimum atomic E-state index is -0.312. The largest absolute Gasteiger partial charge is 0.490 e. The molecule has 0 saturated heterocycles. The number of benzene rings is 1. The zero-order valence-electron chi connectivity index (χ0n) is 9.96. The molecule has 0 saturated carbocycles. The van der Waals surface area contributed by atoms with Crippen molar-refractivity contribution in [1.82, 2.24) is 0 Å². The predicted molar refractivity (Wildman–Crippen MR) is 70.6 cm³/mol. The Kier molecular flexibility index (Phi) is 5.11. The Morgan fingerprint density at radius 2 is 1.88 bits per heavy atom. The maximum Gasteiger partial charge on any atom is 0.156 e. The summed E-state index contributed by atoms with van der Waals surface area (Å²) in [5.41, 5.74) is -0.312.